The van der Waals surface area contributed by atoms with Gasteiger partial charge in [-0.15, -0.1) is 11.3 Å². The minimum absolute atomic E-state index is 0.484. The van der Waals surface area contributed by atoms with Crippen molar-refractivity contribution in [3.8, 4) is 0 Å². The van der Waals surface area contributed by atoms with Crippen molar-refractivity contribution < 1.29 is 5.11 Å². The number of thiophene rings is 1. The summed E-state index contributed by atoms with van der Waals surface area (Å²) in [6, 6.07) is 3.97. The van der Waals surface area contributed by atoms with E-state index in [9.17, 15) is 5.11 Å². The Bertz CT molecular complexity index is 483. The third-order valence-corrected chi connectivity index (χ3v) is 4.30. The van der Waals surface area contributed by atoms with E-state index in [0.29, 0.717) is 6.42 Å². The summed E-state index contributed by atoms with van der Waals surface area (Å²) in [4.78, 5) is 5.25. The van der Waals surface area contributed by atoms with Crippen molar-refractivity contribution >= 4 is 27.3 Å². The van der Waals surface area contributed by atoms with Crippen LogP contribution in [0.3, 0.4) is 0 Å². The monoisotopic (exact) mass is 297 g/mol. The fraction of sp³-hybridized carbons (Fsp3) is 0.250. The average molecular weight is 298 g/mol. The van der Waals surface area contributed by atoms with Gasteiger partial charge in [0.15, 0.2) is 0 Å². The van der Waals surface area contributed by atoms with Crippen LogP contribution in [0.25, 0.3) is 0 Å². The summed E-state index contributed by atoms with van der Waals surface area (Å²) >= 11 is 5.11. The smallest absolute Gasteiger partial charge is 0.0853 e. The Morgan fingerprint density at radius 2 is 2.31 bits per heavy atom. The van der Waals surface area contributed by atoms with E-state index in [1.807, 2.05) is 24.4 Å². The normalized spacial score (nSPS) is 12.7. The second-order valence-corrected chi connectivity index (χ2v) is 5.56. The molecule has 0 saturated heterocycles. The lowest BCUT2D eigenvalue weighted by Gasteiger charge is -2.10. The number of halogens is 1. The number of aliphatic hydroxyl groups is 1. The summed E-state index contributed by atoms with van der Waals surface area (Å²) in [6.45, 7) is 1.98. The van der Waals surface area contributed by atoms with Crippen molar-refractivity contribution in [3.05, 3.63) is 50.4 Å². The van der Waals surface area contributed by atoms with E-state index in [1.54, 1.807) is 23.7 Å². The fourth-order valence-electron chi connectivity index (χ4n) is 1.52. The van der Waals surface area contributed by atoms with Gasteiger partial charge in [0.05, 0.1) is 6.10 Å². The van der Waals surface area contributed by atoms with Crippen molar-refractivity contribution in [1.29, 1.82) is 0 Å². The minimum atomic E-state index is -0.484. The van der Waals surface area contributed by atoms with Gasteiger partial charge in [-0.2, -0.15) is 0 Å². The van der Waals surface area contributed by atoms with Crippen LogP contribution >= 0.6 is 27.3 Å². The minimum Gasteiger partial charge on any atom is -0.388 e. The lowest BCUT2D eigenvalue weighted by molar-refractivity contribution is 0.179. The quantitative estimate of drug-likeness (QED) is 0.941. The number of pyridine rings is 1. The van der Waals surface area contributed by atoms with Crippen molar-refractivity contribution in [3.63, 3.8) is 0 Å². The van der Waals surface area contributed by atoms with E-state index in [-0.39, 0.29) is 0 Å². The van der Waals surface area contributed by atoms with Gasteiger partial charge in [-0.1, -0.05) is 6.07 Å². The molecular formula is C12H12BrNOS. The van der Waals surface area contributed by atoms with Gasteiger partial charge >= 0.3 is 0 Å². The highest BCUT2D eigenvalue weighted by molar-refractivity contribution is 9.10. The van der Waals surface area contributed by atoms with Gasteiger partial charge in [0.1, 0.15) is 0 Å². The van der Waals surface area contributed by atoms with E-state index in [1.165, 1.54) is 0 Å². The van der Waals surface area contributed by atoms with E-state index in [4.69, 9.17) is 0 Å². The topological polar surface area (TPSA) is 33.1 Å². The maximum absolute atomic E-state index is 10.1. The Balaban J connectivity index is 2.14. The molecule has 0 radical (unpaired) electrons. The van der Waals surface area contributed by atoms with Gasteiger partial charge in [-0.3, -0.25) is 4.98 Å². The molecule has 0 aromatic carbocycles. The Hall–Kier alpha value is -0.710. The molecule has 1 atom stereocenters. The lowest BCUT2D eigenvalue weighted by atomic mass is 10.1. The molecule has 0 aliphatic heterocycles. The highest BCUT2D eigenvalue weighted by Crippen LogP contribution is 2.28. The Labute approximate surface area is 107 Å². The largest absolute Gasteiger partial charge is 0.388 e. The molecule has 1 unspecified atom stereocenters. The number of rotatable bonds is 3. The molecule has 2 rings (SSSR count). The van der Waals surface area contributed by atoms with E-state index >= 15 is 0 Å². The maximum atomic E-state index is 10.1. The second-order valence-electron chi connectivity index (χ2n) is 3.71. The zero-order chi connectivity index (χ0) is 11.5. The van der Waals surface area contributed by atoms with Crippen LogP contribution in [-0.4, -0.2) is 10.1 Å². The van der Waals surface area contributed by atoms with Gasteiger partial charge in [0.25, 0.3) is 0 Å². The standard InChI is InChI=1S/C12H12BrNOS/c1-8-4-9(7-14-6-8)11(15)5-12-10(13)2-3-16-12/h2-4,6-7,11,15H,5H2,1H3. The molecule has 1 N–H and O–H groups in total. The first-order valence-electron chi connectivity index (χ1n) is 4.98. The molecule has 0 fully saturated rings. The fourth-order valence-corrected chi connectivity index (χ4v) is 3.08. The number of aryl methyl sites for hydroxylation is 1. The first kappa shape index (κ1) is 11.8. The molecule has 84 valence electrons. The third-order valence-electron chi connectivity index (χ3n) is 2.35. The zero-order valence-electron chi connectivity index (χ0n) is 8.85. The van der Waals surface area contributed by atoms with Gasteiger partial charge in [-0.05, 0) is 45.4 Å². The number of hydrogen-bond donors (Lipinski definition) is 1. The van der Waals surface area contributed by atoms with Crippen molar-refractivity contribution in [2.75, 3.05) is 0 Å². The molecule has 16 heavy (non-hydrogen) atoms. The molecule has 0 aliphatic carbocycles. The summed E-state index contributed by atoms with van der Waals surface area (Å²) in [7, 11) is 0. The molecule has 2 aromatic heterocycles. The van der Waals surface area contributed by atoms with E-state index in [2.05, 4.69) is 20.9 Å². The second kappa shape index (κ2) is 5.08. The van der Waals surface area contributed by atoms with E-state index in [0.717, 1.165) is 20.5 Å². The third kappa shape index (κ3) is 2.70. The molecule has 0 bridgehead atoms. The van der Waals surface area contributed by atoms with Crippen LogP contribution in [0.15, 0.2) is 34.4 Å². The SMILES string of the molecule is Cc1cncc(C(O)Cc2sccc2Br)c1. The predicted octanol–water partition coefficient (Wildman–Crippen LogP) is 3.49. The number of aliphatic hydroxyl groups excluding tert-OH is 1. The van der Waals surface area contributed by atoms with Crippen molar-refractivity contribution in [2.45, 2.75) is 19.4 Å². The van der Waals surface area contributed by atoms with Gasteiger partial charge < -0.3 is 5.11 Å². The van der Waals surface area contributed by atoms with Crippen LogP contribution in [0.1, 0.15) is 22.1 Å². The lowest BCUT2D eigenvalue weighted by Crippen LogP contribution is -2.01. The first-order chi connectivity index (χ1) is 7.66. The Morgan fingerprint density at radius 3 is 2.94 bits per heavy atom. The summed E-state index contributed by atoms with van der Waals surface area (Å²) in [5, 5.41) is 12.1. The van der Waals surface area contributed by atoms with Gasteiger partial charge in [0, 0.05) is 28.2 Å². The molecule has 0 amide bonds. The highest BCUT2D eigenvalue weighted by atomic mass is 79.9. The molecule has 4 heteroatoms. The number of aromatic nitrogens is 1. The van der Waals surface area contributed by atoms with Gasteiger partial charge in [0.2, 0.25) is 0 Å². The predicted molar refractivity (Wildman–Crippen MR) is 69.7 cm³/mol. The number of hydrogen-bond acceptors (Lipinski definition) is 3. The summed E-state index contributed by atoms with van der Waals surface area (Å²) < 4.78 is 1.07. The van der Waals surface area contributed by atoms with Crippen LogP contribution in [0.2, 0.25) is 0 Å². The average Bonchev–Trinajstić information content (AvgIpc) is 2.64. The maximum Gasteiger partial charge on any atom is 0.0853 e. The van der Waals surface area contributed by atoms with Crippen LogP contribution < -0.4 is 0 Å². The zero-order valence-corrected chi connectivity index (χ0v) is 11.3. The molecule has 2 nitrogen and oxygen atoms in total. The van der Waals surface area contributed by atoms with Crippen molar-refractivity contribution in [1.82, 2.24) is 4.98 Å². The van der Waals surface area contributed by atoms with Crippen LogP contribution in [-0.2, 0) is 6.42 Å². The Kier molecular flexibility index (Phi) is 3.74. The molecule has 0 aliphatic rings. The molecular weight excluding hydrogens is 286 g/mol. The molecule has 0 saturated carbocycles. The summed E-state index contributed by atoms with van der Waals surface area (Å²) in [5.41, 5.74) is 1.95. The molecule has 2 heterocycles. The van der Waals surface area contributed by atoms with Crippen LogP contribution in [0, 0.1) is 6.92 Å². The van der Waals surface area contributed by atoms with E-state index < -0.39 is 6.10 Å². The number of nitrogens with zero attached hydrogens (tertiary/aromatic N) is 1. The summed E-state index contributed by atoms with van der Waals surface area (Å²) in [5.74, 6) is 0. The van der Waals surface area contributed by atoms with Crippen molar-refractivity contribution in [2.24, 2.45) is 0 Å². The van der Waals surface area contributed by atoms with Crippen LogP contribution in [0.5, 0.6) is 0 Å². The molecule has 0 spiro atoms. The summed E-state index contributed by atoms with van der Waals surface area (Å²) in [6.07, 6.45) is 3.65. The van der Waals surface area contributed by atoms with Crippen LogP contribution in [0.4, 0.5) is 0 Å². The molecule has 2 aromatic rings. The Morgan fingerprint density at radius 1 is 1.50 bits per heavy atom. The highest BCUT2D eigenvalue weighted by Gasteiger charge is 2.12. The first-order valence-corrected chi connectivity index (χ1v) is 6.65. The van der Waals surface area contributed by atoms with Gasteiger partial charge in [-0.25, -0.2) is 0 Å².